The Bertz CT molecular complexity index is 386. The van der Waals surface area contributed by atoms with Crippen molar-refractivity contribution >= 4 is 6.29 Å². The number of morpholine rings is 1. The molecule has 2 rings (SSSR count). The number of ether oxygens (including phenoxy) is 1. The van der Waals surface area contributed by atoms with Crippen LogP contribution in [0, 0.1) is 0 Å². The SMILES string of the molecule is CC(CC=O)c1cccc(CN2CCOCC2)c1. The van der Waals surface area contributed by atoms with E-state index in [1.807, 2.05) is 0 Å². The summed E-state index contributed by atoms with van der Waals surface area (Å²) in [4.78, 5) is 13.0. The van der Waals surface area contributed by atoms with E-state index in [0.29, 0.717) is 12.3 Å². The van der Waals surface area contributed by atoms with Gasteiger partial charge in [0.2, 0.25) is 0 Å². The zero-order chi connectivity index (χ0) is 12.8. The largest absolute Gasteiger partial charge is 0.379 e. The summed E-state index contributed by atoms with van der Waals surface area (Å²) in [6, 6.07) is 8.58. The van der Waals surface area contributed by atoms with Crippen LogP contribution in [0.25, 0.3) is 0 Å². The smallest absolute Gasteiger partial charge is 0.120 e. The molecular formula is C15H21NO2. The third kappa shape index (κ3) is 3.65. The van der Waals surface area contributed by atoms with E-state index in [9.17, 15) is 4.79 Å². The second kappa shape index (κ2) is 6.66. The van der Waals surface area contributed by atoms with Crippen molar-refractivity contribution in [1.82, 2.24) is 4.90 Å². The van der Waals surface area contributed by atoms with Gasteiger partial charge in [0.05, 0.1) is 13.2 Å². The summed E-state index contributed by atoms with van der Waals surface area (Å²) < 4.78 is 5.35. The van der Waals surface area contributed by atoms with Crippen LogP contribution in [-0.2, 0) is 16.1 Å². The van der Waals surface area contributed by atoms with Crippen LogP contribution in [0.2, 0.25) is 0 Å². The monoisotopic (exact) mass is 247 g/mol. The first-order valence-corrected chi connectivity index (χ1v) is 6.62. The lowest BCUT2D eigenvalue weighted by atomic mass is 9.96. The van der Waals surface area contributed by atoms with Crippen molar-refractivity contribution in [3.8, 4) is 0 Å². The van der Waals surface area contributed by atoms with Gasteiger partial charge in [-0.15, -0.1) is 0 Å². The maximum absolute atomic E-state index is 10.6. The highest BCUT2D eigenvalue weighted by molar-refractivity contribution is 5.51. The predicted octanol–water partition coefficient (Wildman–Crippen LogP) is 2.21. The Morgan fingerprint density at radius 3 is 2.89 bits per heavy atom. The van der Waals surface area contributed by atoms with Crippen LogP contribution in [0.1, 0.15) is 30.4 Å². The quantitative estimate of drug-likeness (QED) is 0.747. The molecule has 0 bridgehead atoms. The van der Waals surface area contributed by atoms with Gasteiger partial charge >= 0.3 is 0 Å². The molecule has 1 heterocycles. The van der Waals surface area contributed by atoms with Crippen molar-refractivity contribution in [1.29, 1.82) is 0 Å². The van der Waals surface area contributed by atoms with E-state index >= 15 is 0 Å². The van der Waals surface area contributed by atoms with Crippen molar-refractivity contribution in [2.75, 3.05) is 26.3 Å². The molecule has 0 saturated carbocycles. The molecule has 1 atom stereocenters. The Morgan fingerprint density at radius 2 is 2.17 bits per heavy atom. The fourth-order valence-electron chi connectivity index (χ4n) is 2.30. The fourth-order valence-corrected chi connectivity index (χ4v) is 2.30. The van der Waals surface area contributed by atoms with E-state index in [1.54, 1.807) is 0 Å². The highest BCUT2D eigenvalue weighted by Gasteiger charge is 2.11. The van der Waals surface area contributed by atoms with Gasteiger partial charge < -0.3 is 9.53 Å². The first-order valence-electron chi connectivity index (χ1n) is 6.62. The molecular weight excluding hydrogens is 226 g/mol. The highest BCUT2D eigenvalue weighted by Crippen LogP contribution is 2.19. The van der Waals surface area contributed by atoms with E-state index in [4.69, 9.17) is 4.74 Å². The minimum Gasteiger partial charge on any atom is -0.379 e. The highest BCUT2D eigenvalue weighted by atomic mass is 16.5. The average Bonchev–Trinajstić information content (AvgIpc) is 2.40. The molecule has 1 fully saturated rings. The number of hydrogen-bond acceptors (Lipinski definition) is 3. The number of rotatable bonds is 5. The zero-order valence-electron chi connectivity index (χ0n) is 11.0. The van der Waals surface area contributed by atoms with Crippen molar-refractivity contribution < 1.29 is 9.53 Å². The predicted molar refractivity (Wildman–Crippen MR) is 71.6 cm³/mol. The molecule has 0 spiro atoms. The standard InChI is InChI=1S/C15H21NO2/c1-13(5-8-17)15-4-2-3-14(11-15)12-16-6-9-18-10-7-16/h2-4,8,11,13H,5-7,9-10,12H2,1H3. The number of nitrogens with zero attached hydrogens (tertiary/aromatic N) is 1. The third-order valence-electron chi connectivity index (χ3n) is 3.48. The zero-order valence-corrected chi connectivity index (χ0v) is 11.0. The summed E-state index contributed by atoms with van der Waals surface area (Å²) in [5.41, 5.74) is 2.58. The van der Waals surface area contributed by atoms with Gasteiger partial charge in [-0.3, -0.25) is 4.90 Å². The number of aldehydes is 1. The molecule has 3 nitrogen and oxygen atoms in total. The van der Waals surface area contributed by atoms with E-state index in [1.165, 1.54) is 11.1 Å². The number of carbonyl (C=O) groups is 1. The third-order valence-corrected chi connectivity index (χ3v) is 3.48. The molecule has 1 aromatic carbocycles. The van der Waals surface area contributed by atoms with E-state index in [0.717, 1.165) is 39.1 Å². The van der Waals surface area contributed by atoms with Crippen LogP contribution in [0.5, 0.6) is 0 Å². The molecule has 1 saturated heterocycles. The second-order valence-corrected chi connectivity index (χ2v) is 4.94. The number of benzene rings is 1. The molecule has 0 aromatic heterocycles. The maximum atomic E-state index is 10.6. The van der Waals surface area contributed by atoms with Gasteiger partial charge in [-0.2, -0.15) is 0 Å². The van der Waals surface area contributed by atoms with Crippen molar-refractivity contribution in [2.24, 2.45) is 0 Å². The minimum atomic E-state index is 0.312. The fraction of sp³-hybridized carbons (Fsp3) is 0.533. The summed E-state index contributed by atoms with van der Waals surface area (Å²) in [6.07, 6.45) is 1.60. The molecule has 3 heteroatoms. The van der Waals surface area contributed by atoms with E-state index in [-0.39, 0.29) is 0 Å². The molecule has 1 aliphatic heterocycles. The van der Waals surface area contributed by atoms with Gasteiger partial charge in [0.1, 0.15) is 6.29 Å². The number of hydrogen-bond donors (Lipinski definition) is 0. The Labute approximate surface area is 109 Å². The number of carbonyl (C=O) groups excluding carboxylic acids is 1. The van der Waals surface area contributed by atoms with E-state index in [2.05, 4.69) is 36.1 Å². The molecule has 1 aliphatic rings. The second-order valence-electron chi connectivity index (χ2n) is 4.94. The summed E-state index contributed by atoms with van der Waals surface area (Å²) in [5.74, 6) is 0.312. The molecule has 1 aromatic rings. The van der Waals surface area contributed by atoms with Crippen LogP contribution in [-0.4, -0.2) is 37.5 Å². The molecule has 0 N–H and O–H groups in total. The van der Waals surface area contributed by atoms with Gasteiger partial charge in [0.15, 0.2) is 0 Å². The van der Waals surface area contributed by atoms with Gasteiger partial charge in [0, 0.05) is 26.1 Å². The summed E-state index contributed by atoms with van der Waals surface area (Å²) in [5, 5.41) is 0. The first kappa shape index (κ1) is 13.2. The minimum absolute atomic E-state index is 0.312. The average molecular weight is 247 g/mol. The Balaban J connectivity index is 1.99. The van der Waals surface area contributed by atoms with Crippen LogP contribution in [0.4, 0.5) is 0 Å². The Hall–Kier alpha value is -1.19. The molecule has 18 heavy (non-hydrogen) atoms. The van der Waals surface area contributed by atoms with Crippen LogP contribution in [0.15, 0.2) is 24.3 Å². The molecule has 1 unspecified atom stereocenters. The van der Waals surface area contributed by atoms with Gasteiger partial charge in [-0.05, 0) is 17.0 Å². The molecule has 0 amide bonds. The van der Waals surface area contributed by atoms with Crippen LogP contribution < -0.4 is 0 Å². The molecule has 0 radical (unpaired) electrons. The maximum Gasteiger partial charge on any atom is 0.120 e. The first-order chi connectivity index (χ1) is 8.79. The van der Waals surface area contributed by atoms with Crippen LogP contribution in [0.3, 0.4) is 0 Å². The van der Waals surface area contributed by atoms with E-state index < -0.39 is 0 Å². The Kier molecular flexibility index (Phi) is 4.90. The summed E-state index contributed by atoms with van der Waals surface area (Å²) >= 11 is 0. The lowest BCUT2D eigenvalue weighted by Gasteiger charge is -2.26. The lowest BCUT2D eigenvalue weighted by molar-refractivity contribution is -0.108. The lowest BCUT2D eigenvalue weighted by Crippen LogP contribution is -2.35. The summed E-state index contributed by atoms with van der Waals surface area (Å²) in [6.45, 7) is 6.76. The van der Waals surface area contributed by atoms with Gasteiger partial charge in [-0.25, -0.2) is 0 Å². The van der Waals surface area contributed by atoms with Crippen molar-refractivity contribution in [3.05, 3.63) is 35.4 Å². The van der Waals surface area contributed by atoms with Crippen molar-refractivity contribution in [2.45, 2.75) is 25.8 Å². The van der Waals surface area contributed by atoms with Crippen molar-refractivity contribution in [3.63, 3.8) is 0 Å². The van der Waals surface area contributed by atoms with Gasteiger partial charge in [0.25, 0.3) is 0 Å². The molecule has 98 valence electrons. The topological polar surface area (TPSA) is 29.5 Å². The summed E-state index contributed by atoms with van der Waals surface area (Å²) in [7, 11) is 0. The molecule has 0 aliphatic carbocycles. The normalized spacial score (nSPS) is 18.5. The Morgan fingerprint density at radius 1 is 1.39 bits per heavy atom. The van der Waals surface area contributed by atoms with Gasteiger partial charge in [-0.1, -0.05) is 31.2 Å². The van der Waals surface area contributed by atoms with Crippen LogP contribution >= 0.6 is 0 Å².